The van der Waals surface area contributed by atoms with Crippen LogP contribution in [0.4, 0.5) is 0 Å². The first-order chi connectivity index (χ1) is 12.8. The van der Waals surface area contributed by atoms with E-state index in [2.05, 4.69) is 72.8 Å². The summed E-state index contributed by atoms with van der Waals surface area (Å²) in [7, 11) is 0. The first-order valence-corrected chi connectivity index (χ1v) is 8.68. The predicted molar refractivity (Wildman–Crippen MR) is 110 cm³/mol. The van der Waals surface area contributed by atoms with Crippen molar-refractivity contribution in [3.05, 3.63) is 95.6 Å². The summed E-state index contributed by atoms with van der Waals surface area (Å²) < 4.78 is 0. The highest BCUT2D eigenvalue weighted by atomic mass is 14.2. The van der Waals surface area contributed by atoms with E-state index >= 15 is 0 Å². The van der Waals surface area contributed by atoms with Gasteiger partial charge in [-0.1, -0.05) is 78.9 Å². The maximum absolute atomic E-state index is 8.92. The molecule has 0 aliphatic rings. The van der Waals surface area contributed by atoms with Crippen LogP contribution in [0.2, 0.25) is 0 Å². The number of hydrogen-bond acceptors (Lipinski definition) is 1. The minimum Gasteiger partial charge on any atom is -0.192 e. The average Bonchev–Trinajstić information content (AvgIpc) is 2.71. The van der Waals surface area contributed by atoms with E-state index in [9.17, 15) is 0 Å². The largest absolute Gasteiger partial charge is 0.192 e. The minimum absolute atomic E-state index is 0.685. The second-order valence-electron chi connectivity index (χ2n) is 6.58. The zero-order valence-electron chi connectivity index (χ0n) is 14.1. The van der Waals surface area contributed by atoms with Crippen LogP contribution < -0.4 is 0 Å². The average molecular weight is 329 g/mol. The van der Waals surface area contributed by atoms with Gasteiger partial charge >= 0.3 is 0 Å². The van der Waals surface area contributed by atoms with Gasteiger partial charge in [-0.2, -0.15) is 5.26 Å². The lowest BCUT2D eigenvalue weighted by molar-refractivity contribution is 1.48. The number of rotatable bonds is 2. The fraction of sp³-hybridized carbons (Fsp3) is 0. The third-order valence-electron chi connectivity index (χ3n) is 5.06. The first kappa shape index (κ1) is 14.7. The van der Waals surface area contributed by atoms with E-state index in [1.54, 1.807) is 0 Å². The second kappa shape index (κ2) is 5.72. The molecule has 0 N–H and O–H groups in total. The summed E-state index contributed by atoms with van der Waals surface area (Å²) in [4.78, 5) is 0. The van der Waals surface area contributed by atoms with Crippen molar-refractivity contribution < 1.29 is 0 Å². The fourth-order valence-electron chi connectivity index (χ4n) is 3.76. The molecule has 0 fully saturated rings. The fourth-order valence-corrected chi connectivity index (χ4v) is 3.76. The Hall–Kier alpha value is -3.63. The van der Waals surface area contributed by atoms with Crippen molar-refractivity contribution in [2.45, 2.75) is 0 Å². The van der Waals surface area contributed by atoms with Crippen LogP contribution in [0.3, 0.4) is 0 Å². The van der Waals surface area contributed by atoms with Gasteiger partial charge in [0.15, 0.2) is 0 Å². The van der Waals surface area contributed by atoms with Gasteiger partial charge in [-0.15, -0.1) is 0 Å². The normalized spacial score (nSPS) is 11.7. The molecule has 0 saturated carbocycles. The lowest BCUT2D eigenvalue weighted by Gasteiger charge is -2.12. The van der Waals surface area contributed by atoms with Crippen molar-refractivity contribution in [1.29, 1.82) is 5.26 Å². The zero-order chi connectivity index (χ0) is 17.5. The van der Waals surface area contributed by atoms with Crippen molar-refractivity contribution >= 4 is 44.5 Å². The molecular weight excluding hydrogens is 314 g/mol. The third kappa shape index (κ3) is 2.24. The van der Waals surface area contributed by atoms with E-state index in [1.807, 2.05) is 24.3 Å². The van der Waals surface area contributed by atoms with Crippen LogP contribution >= 0.6 is 0 Å². The Labute approximate surface area is 151 Å². The summed E-state index contributed by atoms with van der Waals surface area (Å²) in [6, 6.07) is 29.5. The summed E-state index contributed by atoms with van der Waals surface area (Å²) in [5, 5.41) is 16.7. The monoisotopic (exact) mass is 329 g/mol. The highest BCUT2D eigenvalue weighted by molar-refractivity contribution is 6.24. The third-order valence-corrected chi connectivity index (χ3v) is 5.06. The summed E-state index contributed by atoms with van der Waals surface area (Å²) in [6.45, 7) is 0. The van der Waals surface area contributed by atoms with Gasteiger partial charge in [0.25, 0.3) is 0 Å². The standard InChI is InChI=1S/C25H15N/c26-16-18-6-4-17(5-7-18)8-9-19-10-11-22-13-12-20-2-1-3-21-14-15-23(19)25(22)24(20)21/h1-15H/b9-8+. The molecule has 0 amide bonds. The van der Waals surface area contributed by atoms with Crippen LogP contribution in [0.5, 0.6) is 0 Å². The Morgan fingerprint density at radius 2 is 1.27 bits per heavy atom. The summed E-state index contributed by atoms with van der Waals surface area (Å²) in [6.07, 6.45) is 4.26. The Morgan fingerprint density at radius 1 is 0.615 bits per heavy atom. The summed E-state index contributed by atoms with van der Waals surface area (Å²) in [5.41, 5.74) is 2.99. The van der Waals surface area contributed by atoms with E-state index in [0.29, 0.717) is 5.56 Å². The molecule has 0 spiro atoms. The SMILES string of the molecule is N#Cc1ccc(/C=C/c2ccc3ccc4cccc5ccc2c3c45)cc1. The van der Waals surface area contributed by atoms with Crippen LogP contribution in [0.15, 0.2) is 78.9 Å². The maximum atomic E-state index is 8.92. The van der Waals surface area contributed by atoms with Gasteiger partial charge in [0.2, 0.25) is 0 Å². The van der Waals surface area contributed by atoms with Crippen molar-refractivity contribution in [1.82, 2.24) is 0 Å². The molecule has 5 aromatic carbocycles. The number of hydrogen-bond donors (Lipinski definition) is 0. The molecule has 120 valence electrons. The Balaban J connectivity index is 1.70. The quantitative estimate of drug-likeness (QED) is 0.263. The molecule has 5 rings (SSSR count). The van der Waals surface area contributed by atoms with Crippen molar-refractivity contribution in [2.24, 2.45) is 0 Å². The van der Waals surface area contributed by atoms with Gasteiger partial charge in [-0.05, 0) is 55.6 Å². The van der Waals surface area contributed by atoms with Gasteiger partial charge in [-0.25, -0.2) is 0 Å². The first-order valence-electron chi connectivity index (χ1n) is 8.68. The highest BCUT2D eigenvalue weighted by Crippen LogP contribution is 2.36. The molecule has 0 aliphatic carbocycles. The lowest BCUT2D eigenvalue weighted by atomic mass is 9.92. The Bertz CT molecular complexity index is 1300. The molecular formula is C25H15N. The molecule has 0 radical (unpaired) electrons. The van der Waals surface area contributed by atoms with Crippen LogP contribution in [0.25, 0.3) is 44.5 Å². The van der Waals surface area contributed by atoms with Gasteiger partial charge < -0.3 is 0 Å². The van der Waals surface area contributed by atoms with Gasteiger partial charge in [0, 0.05) is 0 Å². The van der Waals surface area contributed by atoms with Crippen molar-refractivity contribution in [3.63, 3.8) is 0 Å². The molecule has 0 atom stereocenters. The van der Waals surface area contributed by atoms with E-state index in [-0.39, 0.29) is 0 Å². The number of benzene rings is 5. The summed E-state index contributed by atoms with van der Waals surface area (Å²) >= 11 is 0. The van der Waals surface area contributed by atoms with Crippen LogP contribution in [0.1, 0.15) is 16.7 Å². The maximum Gasteiger partial charge on any atom is 0.0991 e. The van der Waals surface area contributed by atoms with E-state index in [1.165, 1.54) is 37.9 Å². The molecule has 0 bridgehead atoms. The Morgan fingerprint density at radius 3 is 2.00 bits per heavy atom. The molecule has 1 nitrogen and oxygen atoms in total. The molecule has 26 heavy (non-hydrogen) atoms. The summed E-state index contributed by atoms with van der Waals surface area (Å²) in [5.74, 6) is 0. The molecule has 5 aromatic rings. The Kier molecular flexibility index (Phi) is 3.23. The number of nitrogens with zero attached hydrogens (tertiary/aromatic N) is 1. The van der Waals surface area contributed by atoms with E-state index in [0.717, 1.165) is 5.56 Å². The predicted octanol–water partition coefficient (Wildman–Crippen LogP) is 6.63. The van der Waals surface area contributed by atoms with Gasteiger partial charge in [-0.3, -0.25) is 0 Å². The second-order valence-corrected chi connectivity index (χ2v) is 6.58. The molecule has 0 unspecified atom stereocenters. The molecule has 0 heterocycles. The lowest BCUT2D eigenvalue weighted by Crippen LogP contribution is -1.86. The van der Waals surface area contributed by atoms with Crippen molar-refractivity contribution in [3.8, 4) is 6.07 Å². The molecule has 0 saturated heterocycles. The van der Waals surface area contributed by atoms with Crippen molar-refractivity contribution in [2.75, 3.05) is 0 Å². The number of nitriles is 1. The van der Waals surface area contributed by atoms with E-state index < -0.39 is 0 Å². The van der Waals surface area contributed by atoms with Crippen LogP contribution in [0, 0.1) is 11.3 Å². The van der Waals surface area contributed by atoms with Crippen LogP contribution in [-0.2, 0) is 0 Å². The van der Waals surface area contributed by atoms with Crippen LogP contribution in [-0.4, -0.2) is 0 Å². The van der Waals surface area contributed by atoms with E-state index in [4.69, 9.17) is 5.26 Å². The smallest absolute Gasteiger partial charge is 0.0991 e. The molecule has 0 aromatic heterocycles. The van der Waals surface area contributed by atoms with Gasteiger partial charge in [0.1, 0.15) is 0 Å². The molecule has 1 heteroatoms. The topological polar surface area (TPSA) is 23.8 Å². The van der Waals surface area contributed by atoms with Gasteiger partial charge in [0.05, 0.1) is 11.6 Å². The zero-order valence-corrected chi connectivity index (χ0v) is 14.1. The minimum atomic E-state index is 0.685. The highest BCUT2D eigenvalue weighted by Gasteiger charge is 2.09. The molecule has 0 aliphatic heterocycles.